The van der Waals surface area contributed by atoms with Crippen LogP contribution in [0, 0.1) is 5.92 Å². The summed E-state index contributed by atoms with van der Waals surface area (Å²) in [5.74, 6) is 1.50. The molecule has 0 amide bonds. The topological polar surface area (TPSA) is 47.0 Å². The van der Waals surface area contributed by atoms with Crippen LogP contribution in [0.5, 0.6) is 5.88 Å². The molecule has 20 heavy (non-hydrogen) atoms. The van der Waals surface area contributed by atoms with Crippen LogP contribution in [0.3, 0.4) is 0 Å². The molecule has 4 nitrogen and oxygen atoms in total. The van der Waals surface area contributed by atoms with Gasteiger partial charge in [-0.2, -0.15) is 0 Å². The van der Waals surface area contributed by atoms with Crippen molar-refractivity contribution in [1.82, 2.24) is 15.3 Å². The fraction of sp³-hybridized carbons (Fsp3) is 0.750. The van der Waals surface area contributed by atoms with E-state index in [4.69, 9.17) is 4.74 Å². The highest BCUT2D eigenvalue weighted by molar-refractivity contribution is 5.09. The van der Waals surface area contributed by atoms with Crippen molar-refractivity contribution >= 4 is 0 Å². The van der Waals surface area contributed by atoms with Gasteiger partial charge in [0.2, 0.25) is 5.88 Å². The summed E-state index contributed by atoms with van der Waals surface area (Å²) >= 11 is 0. The molecule has 0 saturated heterocycles. The first-order valence-corrected chi connectivity index (χ1v) is 8.00. The number of rotatable bonds is 7. The lowest BCUT2D eigenvalue weighted by atomic mass is 9.85. The predicted octanol–water partition coefficient (Wildman–Crippen LogP) is 3.32. The Hall–Kier alpha value is -1.16. The SMILES string of the molecule is CCCNCc1cncc(OC2CCCC(CC)C2)n1. The van der Waals surface area contributed by atoms with E-state index in [9.17, 15) is 0 Å². The minimum Gasteiger partial charge on any atom is -0.473 e. The monoisotopic (exact) mass is 277 g/mol. The summed E-state index contributed by atoms with van der Waals surface area (Å²) < 4.78 is 6.03. The van der Waals surface area contributed by atoms with E-state index in [-0.39, 0.29) is 0 Å². The predicted molar refractivity (Wildman–Crippen MR) is 80.7 cm³/mol. The van der Waals surface area contributed by atoms with Gasteiger partial charge in [-0.1, -0.05) is 26.7 Å². The van der Waals surface area contributed by atoms with Crippen LogP contribution in [0.25, 0.3) is 0 Å². The van der Waals surface area contributed by atoms with Crippen molar-refractivity contribution in [2.45, 2.75) is 65.0 Å². The Morgan fingerprint density at radius 1 is 1.30 bits per heavy atom. The van der Waals surface area contributed by atoms with Gasteiger partial charge in [-0.3, -0.25) is 4.98 Å². The number of hydrogen-bond donors (Lipinski definition) is 1. The fourth-order valence-electron chi connectivity index (χ4n) is 2.81. The average molecular weight is 277 g/mol. The summed E-state index contributed by atoms with van der Waals surface area (Å²) in [4.78, 5) is 8.78. The minimum atomic E-state index is 0.321. The first kappa shape index (κ1) is 15.2. The molecule has 1 aromatic rings. The van der Waals surface area contributed by atoms with Gasteiger partial charge in [-0.05, 0) is 38.1 Å². The number of aromatic nitrogens is 2. The van der Waals surface area contributed by atoms with Gasteiger partial charge >= 0.3 is 0 Å². The highest BCUT2D eigenvalue weighted by atomic mass is 16.5. The smallest absolute Gasteiger partial charge is 0.232 e. The van der Waals surface area contributed by atoms with E-state index in [1.807, 2.05) is 6.20 Å². The Balaban J connectivity index is 1.87. The van der Waals surface area contributed by atoms with Crippen molar-refractivity contribution in [3.8, 4) is 5.88 Å². The number of nitrogens with one attached hydrogen (secondary N) is 1. The van der Waals surface area contributed by atoms with Crippen LogP contribution >= 0.6 is 0 Å². The summed E-state index contributed by atoms with van der Waals surface area (Å²) in [5, 5.41) is 3.34. The molecule has 2 unspecified atom stereocenters. The molecule has 4 heteroatoms. The maximum Gasteiger partial charge on any atom is 0.232 e. The van der Waals surface area contributed by atoms with Gasteiger partial charge in [-0.15, -0.1) is 0 Å². The molecule has 1 fully saturated rings. The van der Waals surface area contributed by atoms with E-state index >= 15 is 0 Å². The van der Waals surface area contributed by atoms with Crippen LogP contribution in [0.1, 0.15) is 58.1 Å². The van der Waals surface area contributed by atoms with Crippen molar-refractivity contribution in [2.75, 3.05) is 6.54 Å². The molecule has 112 valence electrons. The lowest BCUT2D eigenvalue weighted by Crippen LogP contribution is -2.25. The number of hydrogen-bond acceptors (Lipinski definition) is 4. The highest BCUT2D eigenvalue weighted by Crippen LogP contribution is 2.28. The third-order valence-corrected chi connectivity index (χ3v) is 3.99. The van der Waals surface area contributed by atoms with Crippen molar-refractivity contribution in [2.24, 2.45) is 5.92 Å². The van der Waals surface area contributed by atoms with Crippen molar-refractivity contribution in [3.63, 3.8) is 0 Å². The second kappa shape index (κ2) is 8.20. The number of ether oxygens (including phenoxy) is 1. The maximum absolute atomic E-state index is 6.03. The highest BCUT2D eigenvalue weighted by Gasteiger charge is 2.22. The molecular weight excluding hydrogens is 250 g/mol. The molecule has 0 aliphatic heterocycles. The Morgan fingerprint density at radius 2 is 2.20 bits per heavy atom. The zero-order valence-corrected chi connectivity index (χ0v) is 12.8. The van der Waals surface area contributed by atoms with Crippen LogP contribution in [-0.2, 0) is 6.54 Å². The molecule has 1 aliphatic carbocycles. The van der Waals surface area contributed by atoms with Crippen LogP contribution in [-0.4, -0.2) is 22.6 Å². The molecule has 0 spiro atoms. The van der Waals surface area contributed by atoms with E-state index in [1.54, 1.807) is 6.20 Å². The van der Waals surface area contributed by atoms with Crippen LogP contribution < -0.4 is 10.1 Å². The average Bonchev–Trinajstić information content (AvgIpc) is 2.48. The van der Waals surface area contributed by atoms with Crippen molar-refractivity contribution in [1.29, 1.82) is 0 Å². The Bertz CT molecular complexity index is 397. The van der Waals surface area contributed by atoms with Crippen molar-refractivity contribution < 1.29 is 4.74 Å². The zero-order chi connectivity index (χ0) is 14.2. The maximum atomic E-state index is 6.03. The van der Waals surface area contributed by atoms with E-state index in [1.165, 1.54) is 19.3 Å². The normalized spacial score (nSPS) is 22.7. The van der Waals surface area contributed by atoms with Gasteiger partial charge < -0.3 is 10.1 Å². The summed E-state index contributed by atoms with van der Waals surface area (Å²) in [6.45, 7) is 6.20. The van der Waals surface area contributed by atoms with Crippen molar-refractivity contribution in [3.05, 3.63) is 18.1 Å². The summed E-state index contributed by atoms with van der Waals surface area (Å²) in [5.41, 5.74) is 0.957. The summed E-state index contributed by atoms with van der Waals surface area (Å²) in [7, 11) is 0. The Morgan fingerprint density at radius 3 is 3.00 bits per heavy atom. The van der Waals surface area contributed by atoms with Crippen LogP contribution in [0.2, 0.25) is 0 Å². The fourth-order valence-corrected chi connectivity index (χ4v) is 2.81. The first-order valence-electron chi connectivity index (χ1n) is 8.00. The lowest BCUT2D eigenvalue weighted by Gasteiger charge is -2.28. The minimum absolute atomic E-state index is 0.321. The molecule has 1 saturated carbocycles. The molecule has 1 heterocycles. The second-order valence-corrected chi connectivity index (χ2v) is 5.71. The van der Waals surface area contributed by atoms with Gasteiger partial charge in [-0.25, -0.2) is 4.98 Å². The van der Waals surface area contributed by atoms with Gasteiger partial charge in [0.1, 0.15) is 6.10 Å². The molecule has 0 aromatic carbocycles. The van der Waals surface area contributed by atoms with Gasteiger partial charge in [0.15, 0.2) is 0 Å². The summed E-state index contributed by atoms with van der Waals surface area (Å²) in [6.07, 6.45) is 11.2. The van der Waals surface area contributed by atoms with E-state index in [0.29, 0.717) is 12.0 Å². The van der Waals surface area contributed by atoms with Gasteiger partial charge in [0.25, 0.3) is 0 Å². The standard InChI is InChI=1S/C16H27N3O/c1-3-8-17-10-14-11-18-12-16(19-14)20-15-7-5-6-13(4-2)9-15/h11-13,15,17H,3-10H2,1-2H3. The molecule has 2 rings (SSSR count). The third-order valence-electron chi connectivity index (χ3n) is 3.99. The van der Waals surface area contributed by atoms with Gasteiger partial charge in [0, 0.05) is 12.7 Å². The molecule has 0 radical (unpaired) electrons. The lowest BCUT2D eigenvalue weighted by molar-refractivity contribution is 0.116. The third kappa shape index (κ3) is 4.75. The molecule has 1 N–H and O–H groups in total. The zero-order valence-electron chi connectivity index (χ0n) is 12.8. The molecule has 1 aromatic heterocycles. The quantitative estimate of drug-likeness (QED) is 0.777. The van der Waals surface area contributed by atoms with E-state index < -0.39 is 0 Å². The summed E-state index contributed by atoms with van der Waals surface area (Å²) in [6, 6.07) is 0. The van der Waals surface area contributed by atoms with Crippen LogP contribution in [0.4, 0.5) is 0 Å². The Kier molecular flexibility index (Phi) is 6.25. The van der Waals surface area contributed by atoms with Crippen LogP contribution in [0.15, 0.2) is 12.4 Å². The molecule has 1 aliphatic rings. The second-order valence-electron chi connectivity index (χ2n) is 5.71. The van der Waals surface area contributed by atoms with E-state index in [0.717, 1.165) is 44.0 Å². The van der Waals surface area contributed by atoms with Gasteiger partial charge in [0.05, 0.1) is 11.9 Å². The number of nitrogens with zero attached hydrogens (tertiary/aromatic N) is 2. The molecule has 0 bridgehead atoms. The largest absolute Gasteiger partial charge is 0.473 e. The van der Waals surface area contributed by atoms with E-state index in [2.05, 4.69) is 29.1 Å². The molecule has 2 atom stereocenters. The first-order chi connectivity index (χ1) is 9.81. The molecular formula is C16H27N3O. The Labute approximate surface area is 122 Å².